The van der Waals surface area contributed by atoms with Crippen molar-refractivity contribution in [2.24, 2.45) is 0 Å². The molecular weight excluding hydrogens is 1040 g/mol. The Hall–Kier alpha value is -5.15. The van der Waals surface area contributed by atoms with Gasteiger partial charge in [0.1, 0.15) is 19.8 Å². The number of ether oxygens (including phenoxy) is 2. The smallest absolute Gasteiger partial charge is 0.462 e. The molecule has 1 N–H and O–H groups in total. The van der Waals surface area contributed by atoms with Crippen molar-refractivity contribution < 1.29 is 42.1 Å². The van der Waals surface area contributed by atoms with E-state index in [4.69, 9.17) is 18.5 Å². The minimum Gasteiger partial charge on any atom is -0.462 e. The lowest BCUT2D eigenvalue weighted by Gasteiger charge is -2.24. The number of esters is 2. The summed E-state index contributed by atoms with van der Waals surface area (Å²) in [5.41, 5.74) is 0. The highest BCUT2D eigenvalue weighted by atomic mass is 31.2. The third-order valence-corrected chi connectivity index (χ3v) is 13.1. The first-order chi connectivity index (χ1) is 40.0. The summed E-state index contributed by atoms with van der Waals surface area (Å²) >= 11 is 0. The van der Waals surface area contributed by atoms with E-state index in [1.54, 1.807) is 0 Å². The number of hydrogen-bond donors (Lipinski definition) is 1. The van der Waals surface area contributed by atoms with Crippen LogP contribution in [0.3, 0.4) is 0 Å². The molecule has 0 heterocycles. The van der Waals surface area contributed by atoms with Gasteiger partial charge in [0.15, 0.2) is 6.10 Å². The number of unbranched alkanes of at least 4 members (excludes halogenated alkanes) is 8. The van der Waals surface area contributed by atoms with E-state index in [1.807, 2.05) is 21.1 Å². The number of hydrogen-bond acceptors (Lipinski definition) is 7. The van der Waals surface area contributed by atoms with Crippen LogP contribution in [0.25, 0.3) is 0 Å². The maximum Gasteiger partial charge on any atom is 0.472 e. The van der Waals surface area contributed by atoms with Crippen molar-refractivity contribution in [3.8, 4) is 0 Å². The molecule has 0 rings (SSSR count). The minimum atomic E-state index is -4.42. The molecule has 0 aromatic rings. The number of carbonyl (C=O) groups excluding carboxylic acids is 2. The molecule has 0 aliphatic carbocycles. The molecule has 0 amide bonds. The summed E-state index contributed by atoms with van der Waals surface area (Å²) in [5, 5.41) is 0. The number of phosphoric ester groups is 1. The summed E-state index contributed by atoms with van der Waals surface area (Å²) in [5.74, 6) is -0.878. The highest BCUT2D eigenvalue weighted by Gasteiger charge is 2.27. The fourth-order valence-corrected chi connectivity index (χ4v) is 8.14. The Bertz CT molecular complexity index is 2080. The van der Waals surface area contributed by atoms with Crippen LogP contribution in [-0.4, -0.2) is 74.9 Å². The van der Waals surface area contributed by atoms with Crippen LogP contribution in [0.15, 0.2) is 194 Å². The zero-order valence-electron chi connectivity index (χ0n) is 51.9. The van der Waals surface area contributed by atoms with E-state index < -0.39 is 32.5 Å². The fraction of sp³-hybridized carbons (Fsp3) is 0.528. The Morgan fingerprint density at radius 2 is 0.659 bits per heavy atom. The molecular formula is C72H113NO8P+. The van der Waals surface area contributed by atoms with Crippen molar-refractivity contribution in [2.45, 2.75) is 200 Å². The van der Waals surface area contributed by atoms with E-state index in [2.05, 4.69) is 208 Å². The first-order valence-electron chi connectivity index (χ1n) is 31.2. The van der Waals surface area contributed by atoms with Gasteiger partial charge in [0.05, 0.1) is 27.7 Å². The first kappa shape index (κ1) is 76.9. The molecule has 2 unspecified atom stereocenters. The van der Waals surface area contributed by atoms with Gasteiger partial charge < -0.3 is 18.9 Å². The normalized spacial score (nSPS) is 14.6. The van der Waals surface area contributed by atoms with E-state index in [1.165, 1.54) is 0 Å². The number of allylic oxidation sites excluding steroid dienone is 32. The van der Waals surface area contributed by atoms with Crippen LogP contribution in [0.4, 0.5) is 0 Å². The number of phosphoric acid groups is 1. The lowest BCUT2D eigenvalue weighted by Crippen LogP contribution is -2.37. The van der Waals surface area contributed by atoms with Crippen molar-refractivity contribution in [3.63, 3.8) is 0 Å². The molecule has 0 aliphatic heterocycles. The first-order valence-corrected chi connectivity index (χ1v) is 32.7. The van der Waals surface area contributed by atoms with Crippen molar-refractivity contribution >= 4 is 19.8 Å². The van der Waals surface area contributed by atoms with Crippen molar-refractivity contribution in [1.82, 2.24) is 0 Å². The molecule has 0 saturated heterocycles. The van der Waals surface area contributed by atoms with Gasteiger partial charge in [-0.15, -0.1) is 0 Å². The Morgan fingerprint density at radius 3 is 0.988 bits per heavy atom. The largest absolute Gasteiger partial charge is 0.472 e. The summed E-state index contributed by atoms with van der Waals surface area (Å²) in [6, 6.07) is 0. The highest BCUT2D eigenvalue weighted by molar-refractivity contribution is 7.47. The van der Waals surface area contributed by atoms with Crippen molar-refractivity contribution in [3.05, 3.63) is 194 Å². The van der Waals surface area contributed by atoms with Crippen LogP contribution < -0.4 is 0 Å². The lowest BCUT2D eigenvalue weighted by atomic mass is 10.1. The van der Waals surface area contributed by atoms with E-state index in [9.17, 15) is 19.0 Å². The second kappa shape index (κ2) is 60.4. The van der Waals surface area contributed by atoms with Gasteiger partial charge in [-0.3, -0.25) is 18.6 Å². The number of likely N-dealkylation sites (N-methyl/N-ethyl adjacent to an activating group) is 1. The summed E-state index contributed by atoms with van der Waals surface area (Å²) in [7, 11) is 1.41. The average Bonchev–Trinajstić information content (AvgIpc) is 3.46. The van der Waals surface area contributed by atoms with Gasteiger partial charge in [0.25, 0.3) is 0 Å². The zero-order chi connectivity index (χ0) is 59.8. The molecule has 0 aromatic heterocycles. The summed E-state index contributed by atoms with van der Waals surface area (Å²) < 4.78 is 34.5. The van der Waals surface area contributed by atoms with Crippen LogP contribution in [0.2, 0.25) is 0 Å². The van der Waals surface area contributed by atoms with Crippen molar-refractivity contribution in [1.29, 1.82) is 0 Å². The molecule has 0 saturated carbocycles. The Balaban J connectivity index is 4.33. The number of quaternary nitrogens is 1. The molecule has 0 spiro atoms. The SMILES string of the molecule is CC/C=C\C/C=C\C/C=C\C/C=C\C/C=C\C/C=C\C/C=C\C/C=C\C/C=C\CCCCCC(=O)OC(COC(=O)CCCCCCC/C=C\C/C=C\C/C=C\C/C=C\C/C=C\C/C=C\C/C=C\CC)COP(=O)(O)OCC[N+](C)(C)C. The fourth-order valence-electron chi connectivity index (χ4n) is 7.40. The summed E-state index contributed by atoms with van der Waals surface area (Å²) in [6.45, 7) is 4.10. The van der Waals surface area contributed by atoms with E-state index in [0.29, 0.717) is 23.9 Å². The Morgan fingerprint density at radius 1 is 0.378 bits per heavy atom. The number of rotatable bonds is 54. The van der Waals surface area contributed by atoms with Gasteiger partial charge in [0, 0.05) is 12.8 Å². The third-order valence-electron chi connectivity index (χ3n) is 12.1. The molecule has 0 aliphatic rings. The number of nitrogens with zero attached hydrogens (tertiary/aromatic N) is 1. The predicted octanol–water partition coefficient (Wildman–Crippen LogP) is 20.1. The molecule has 0 aromatic carbocycles. The quantitative estimate of drug-likeness (QED) is 0.0211. The van der Waals surface area contributed by atoms with Crippen LogP contribution in [0.1, 0.15) is 194 Å². The van der Waals surface area contributed by atoms with Gasteiger partial charge >= 0.3 is 19.8 Å². The van der Waals surface area contributed by atoms with E-state index in [-0.39, 0.29) is 26.1 Å². The molecule has 2 atom stereocenters. The maximum atomic E-state index is 12.8. The van der Waals surface area contributed by atoms with Gasteiger partial charge in [-0.25, -0.2) is 4.57 Å². The van der Waals surface area contributed by atoms with Crippen molar-refractivity contribution in [2.75, 3.05) is 47.5 Å². The highest BCUT2D eigenvalue weighted by Crippen LogP contribution is 2.43. The molecule has 0 bridgehead atoms. The van der Waals surface area contributed by atoms with Crippen LogP contribution >= 0.6 is 7.82 Å². The molecule has 0 fully saturated rings. The van der Waals surface area contributed by atoms with Gasteiger partial charge in [-0.05, 0) is 141 Å². The minimum absolute atomic E-state index is 0.00874. The molecule has 10 heteroatoms. The van der Waals surface area contributed by atoms with E-state index in [0.717, 1.165) is 154 Å². The van der Waals surface area contributed by atoms with Crippen LogP contribution in [-0.2, 0) is 32.7 Å². The second-order valence-electron chi connectivity index (χ2n) is 21.0. The van der Waals surface area contributed by atoms with Gasteiger partial charge in [-0.2, -0.15) is 0 Å². The third kappa shape index (κ3) is 64.0. The van der Waals surface area contributed by atoms with Crippen LogP contribution in [0.5, 0.6) is 0 Å². The average molecular weight is 1150 g/mol. The second-order valence-corrected chi connectivity index (χ2v) is 22.4. The predicted molar refractivity (Wildman–Crippen MR) is 352 cm³/mol. The summed E-state index contributed by atoms with van der Waals surface area (Å²) in [4.78, 5) is 35.8. The molecule has 0 radical (unpaired) electrons. The van der Waals surface area contributed by atoms with Gasteiger partial charge in [0.2, 0.25) is 0 Å². The topological polar surface area (TPSA) is 108 Å². The molecule has 458 valence electrons. The molecule has 82 heavy (non-hydrogen) atoms. The zero-order valence-corrected chi connectivity index (χ0v) is 52.8. The Kier molecular flexibility index (Phi) is 56.6. The lowest BCUT2D eigenvalue weighted by molar-refractivity contribution is -0.870. The maximum absolute atomic E-state index is 12.8. The Labute approximate surface area is 501 Å². The van der Waals surface area contributed by atoms with Crippen LogP contribution in [0, 0.1) is 0 Å². The summed E-state index contributed by atoms with van der Waals surface area (Å²) in [6.07, 6.45) is 95.0. The number of carbonyl (C=O) groups is 2. The monoisotopic (exact) mass is 1150 g/mol. The van der Waals surface area contributed by atoms with Gasteiger partial charge in [-0.1, -0.05) is 234 Å². The standard InChI is InChI=1S/C72H112NO8P/c1-6-8-10-12-14-16-18-20-22-24-26-28-30-32-34-35-36-37-39-41-43-45-47-49-51-53-55-57-59-61-63-65-72(75)81-70(69-80-82(76,77)79-67-66-73(3,4)5)68-78-71(74)64-62-60-58-56-54-52-50-48-46-44-42-40-38-33-31-29-27-25-23-21-19-17-15-13-11-9-7-2/h8-11,14-17,20-23,26-29,32-34,36-38,41-44,47-50,53,55,70H,6-7,12-13,18-19,24-25,30-31,35,39-40,45-46,51-52,54,56-69H2,1-5H3/p+1/b10-8-,11-9-,16-14-,17-15-,22-20-,23-21-,28-26-,29-27-,34-32-,37-36-,38-33-,43-41-,44-42-,49-47-,50-48-,55-53-. The van der Waals surface area contributed by atoms with E-state index >= 15 is 0 Å². The molecule has 9 nitrogen and oxygen atoms in total.